The topological polar surface area (TPSA) is 99.2 Å². The second-order valence-electron chi connectivity index (χ2n) is 16.4. The molecular formula is C33H51F5N4O3SSi. The van der Waals surface area contributed by atoms with Gasteiger partial charge < -0.3 is 15.0 Å². The van der Waals surface area contributed by atoms with Crippen LogP contribution in [0.2, 0.25) is 25.7 Å². The van der Waals surface area contributed by atoms with Crippen LogP contribution in [0.25, 0.3) is 11.0 Å². The molecule has 1 aromatic carbocycles. The van der Waals surface area contributed by atoms with Crippen molar-refractivity contribution in [1.29, 1.82) is 0 Å². The lowest BCUT2D eigenvalue weighted by molar-refractivity contribution is -0.215. The van der Waals surface area contributed by atoms with Gasteiger partial charge in [0, 0.05) is 33.4 Å². The van der Waals surface area contributed by atoms with E-state index in [0.717, 1.165) is 38.3 Å². The van der Waals surface area contributed by atoms with Gasteiger partial charge in [-0.05, 0) is 81.5 Å². The van der Waals surface area contributed by atoms with Crippen molar-refractivity contribution in [2.24, 2.45) is 28.9 Å². The van der Waals surface area contributed by atoms with E-state index < -0.39 is 71.5 Å². The summed E-state index contributed by atoms with van der Waals surface area (Å²) in [5, 5.41) is 0. The van der Waals surface area contributed by atoms with Gasteiger partial charge >= 0.3 is 6.18 Å². The van der Waals surface area contributed by atoms with Crippen LogP contribution >= 0.6 is 0 Å². The number of hydrogen-bond donors (Lipinski definition) is 2. The molecule has 0 aliphatic heterocycles. The third kappa shape index (κ3) is 9.21. The fourth-order valence-electron chi connectivity index (χ4n) is 6.31. The number of benzene rings is 1. The number of nitrogens with one attached hydrogen (secondary N) is 1. The Bertz CT molecular complexity index is 1450. The van der Waals surface area contributed by atoms with Crippen molar-refractivity contribution in [3.63, 3.8) is 0 Å². The molecule has 3 N–H and O–H groups in total. The Kier molecular flexibility index (Phi) is 10.8. The van der Waals surface area contributed by atoms with Crippen molar-refractivity contribution < 1.29 is 35.7 Å². The molecule has 266 valence electrons. The van der Waals surface area contributed by atoms with Crippen LogP contribution in [0.3, 0.4) is 0 Å². The molecule has 1 heterocycles. The highest BCUT2D eigenvalue weighted by Gasteiger charge is 2.54. The molecule has 0 spiro atoms. The number of primary amides is 1. The molecule has 47 heavy (non-hydrogen) atoms. The van der Waals surface area contributed by atoms with Gasteiger partial charge in [0.1, 0.15) is 12.6 Å². The minimum atomic E-state index is -4.53. The smallest absolute Gasteiger partial charge is 0.369 e. The predicted molar refractivity (Wildman–Crippen MR) is 178 cm³/mol. The number of amides is 1. The summed E-state index contributed by atoms with van der Waals surface area (Å²) in [6.45, 7) is 14.5. The van der Waals surface area contributed by atoms with Crippen molar-refractivity contribution in [2.45, 2.75) is 128 Å². The molecule has 2 aliphatic carbocycles. The Morgan fingerprint density at radius 1 is 1.13 bits per heavy atom. The Labute approximate surface area is 278 Å². The SMILES string of the molecule is CC(C)(C)[S@@](=O)N[C@@H](CC(C)(C)C(F)(F)F)c1nc2ccc([C@H](C3CC3)C(C(N)=O)C3CC(F)(F)C3)cc2n1COCC[Si](C)(C)C. The van der Waals surface area contributed by atoms with Crippen molar-refractivity contribution in [2.75, 3.05) is 6.61 Å². The van der Waals surface area contributed by atoms with Crippen molar-refractivity contribution in [3.8, 4) is 0 Å². The summed E-state index contributed by atoms with van der Waals surface area (Å²) in [4.78, 5) is 17.6. The molecule has 0 radical (unpaired) electrons. The average molecular weight is 707 g/mol. The number of aromatic nitrogens is 2. The van der Waals surface area contributed by atoms with Crippen LogP contribution in [0.15, 0.2) is 18.2 Å². The standard InChI is InChI=1S/C33H51F5N4O3SSi/c1-30(2,3)46(44)41-24(18-31(4,5)33(36,37)38)29-40-23-12-11-21(15-25(23)42(29)19-45-13-14-47(6,7)8)26(20-9-10-20)27(28(39)43)22-16-32(34,35)17-22/h11-12,15,20,22,24,26-27,41H,9-10,13-14,16-19H2,1-8H3,(H2,39,43)/t24-,26-,27?,46+/m0/s1. The van der Waals surface area contributed by atoms with Crippen LogP contribution in [-0.2, 0) is 27.2 Å². The van der Waals surface area contributed by atoms with Crippen LogP contribution in [0, 0.1) is 23.2 Å². The summed E-state index contributed by atoms with van der Waals surface area (Å²) >= 11 is 0. The van der Waals surface area contributed by atoms with E-state index in [0.29, 0.717) is 17.6 Å². The van der Waals surface area contributed by atoms with E-state index in [9.17, 15) is 31.0 Å². The maximum absolute atomic E-state index is 14.2. The Morgan fingerprint density at radius 2 is 1.74 bits per heavy atom. The van der Waals surface area contributed by atoms with Gasteiger partial charge in [-0.1, -0.05) is 39.6 Å². The van der Waals surface area contributed by atoms with E-state index in [-0.39, 0.29) is 37.2 Å². The number of hydrogen-bond acceptors (Lipinski definition) is 4. The highest BCUT2D eigenvalue weighted by atomic mass is 32.2. The zero-order chi connectivity index (χ0) is 35.3. The molecule has 1 unspecified atom stereocenters. The van der Waals surface area contributed by atoms with Crippen LogP contribution in [0.1, 0.15) is 90.1 Å². The third-order valence-corrected chi connectivity index (χ3v) is 12.8. The van der Waals surface area contributed by atoms with Crippen molar-refractivity contribution in [3.05, 3.63) is 29.6 Å². The molecule has 4 rings (SSSR count). The normalized spacial score (nSPS) is 20.5. The van der Waals surface area contributed by atoms with Crippen LogP contribution in [0.4, 0.5) is 22.0 Å². The molecule has 0 bridgehead atoms. The first-order valence-electron chi connectivity index (χ1n) is 16.4. The summed E-state index contributed by atoms with van der Waals surface area (Å²) in [6, 6.07) is 5.24. The predicted octanol–water partition coefficient (Wildman–Crippen LogP) is 8.06. The third-order valence-electron chi connectivity index (χ3n) is 9.48. The zero-order valence-corrected chi connectivity index (χ0v) is 30.6. The maximum atomic E-state index is 14.2. The second-order valence-corrected chi connectivity index (χ2v) is 24.1. The number of carbonyl (C=O) groups is 1. The van der Waals surface area contributed by atoms with Gasteiger partial charge in [-0.2, -0.15) is 13.2 Å². The van der Waals surface area contributed by atoms with Gasteiger partial charge in [-0.15, -0.1) is 0 Å². The fourth-order valence-corrected chi connectivity index (χ4v) is 7.87. The lowest BCUT2D eigenvalue weighted by atomic mass is 9.65. The summed E-state index contributed by atoms with van der Waals surface area (Å²) < 4.78 is 93.9. The maximum Gasteiger partial charge on any atom is 0.394 e. The van der Waals surface area contributed by atoms with E-state index in [1.807, 2.05) is 12.1 Å². The molecule has 2 aliphatic rings. The fraction of sp³-hybridized carbons (Fsp3) is 0.758. The first-order valence-corrected chi connectivity index (χ1v) is 21.3. The van der Waals surface area contributed by atoms with Crippen molar-refractivity contribution >= 4 is 36.0 Å². The number of carbonyl (C=O) groups excluding carboxylic acids is 1. The molecule has 1 amide bonds. The molecule has 1 aromatic heterocycles. The number of ether oxygens (including phenoxy) is 1. The van der Waals surface area contributed by atoms with E-state index in [2.05, 4.69) is 24.4 Å². The van der Waals surface area contributed by atoms with Gasteiger partial charge in [0.2, 0.25) is 11.8 Å². The van der Waals surface area contributed by atoms with E-state index in [1.165, 1.54) is 0 Å². The summed E-state index contributed by atoms with van der Waals surface area (Å²) in [5.41, 5.74) is 5.56. The highest BCUT2D eigenvalue weighted by molar-refractivity contribution is 7.84. The monoisotopic (exact) mass is 706 g/mol. The number of alkyl halides is 5. The Hall–Kier alpha value is -1.90. The quantitative estimate of drug-likeness (QED) is 0.111. The molecule has 2 aromatic rings. The van der Waals surface area contributed by atoms with Gasteiger partial charge in [-0.3, -0.25) is 4.79 Å². The Balaban J connectivity index is 1.83. The highest BCUT2D eigenvalue weighted by Crippen LogP contribution is 2.55. The van der Waals surface area contributed by atoms with E-state index in [4.69, 9.17) is 15.5 Å². The molecule has 2 fully saturated rings. The molecule has 0 saturated heterocycles. The zero-order valence-electron chi connectivity index (χ0n) is 28.8. The lowest BCUT2D eigenvalue weighted by Crippen LogP contribution is -2.46. The molecule has 2 saturated carbocycles. The summed E-state index contributed by atoms with van der Waals surface area (Å²) in [5.74, 6) is -4.71. The van der Waals surface area contributed by atoms with Gasteiger partial charge in [0.05, 0.1) is 38.2 Å². The first-order chi connectivity index (χ1) is 21.4. The largest absolute Gasteiger partial charge is 0.394 e. The summed E-state index contributed by atoms with van der Waals surface area (Å²) in [6.07, 6.45) is -4.05. The molecule has 4 atom stereocenters. The van der Waals surface area contributed by atoms with Gasteiger partial charge in [0.25, 0.3) is 0 Å². The van der Waals surface area contributed by atoms with Crippen LogP contribution in [-0.4, -0.2) is 51.2 Å². The minimum absolute atomic E-state index is 0.00522. The molecule has 14 heteroatoms. The van der Waals surface area contributed by atoms with Gasteiger partial charge in [-0.25, -0.2) is 22.7 Å². The molecule has 7 nitrogen and oxygen atoms in total. The number of fused-ring (bicyclic) bond motifs is 1. The van der Waals surface area contributed by atoms with Gasteiger partial charge in [0.15, 0.2) is 0 Å². The Morgan fingerprint density at radius 3 is 2.23 bits per heavy atom. The number of nitrogens with zero attached hydrogens (tertiary/aromatic N) is 2. The van der Waals surface area contributed by atoms with E-state index in [1.54, 1.807) is 31.4 Å². The lowest BCUT2D eigenvalue weighted by Gasteiger charge is -2.42. The summed E-state index contributed by atoms with van der Waals surface area (Å²) in [7, 11) is -3.19. The number of rotatable bonds is 15. The van der Waals surface area contributed by atoms with Crippen molar-refractivity contribution in [1.82, 2.24) is 14.3 Å². The van der Waals surface area contributed by atoms with Crippen LogP contribution in [0.5, 0.6) is 0 Å². The number of imidazole rings is 1. The van der Waals surface area contributed by atoms with E-state index >= 15 is 0 Å². The molecular weight excluding hydrogens is 656 g/mol. The number of halogens is 5. The number of nitrogens with two attached hydrogens (primary N) is 1. The minimum Gasteiger partial charge on any atom is -0.369 e. The average Bonchev–Trinajstić information content (AvgIpc) is 3.66. The second kappa shape index (κ2) is 13.4. The van der Waals surface area contributed by atoms with Crippen LogP contribution < -0.4 is 10.5 Å². The first kappa shape index (κ1) is 37.9.